The van der Waals surface area contributed by atoms with Crippen LogP contribution in [0, 0.1) is 41.3 Å². The van der Waals surface area contributed by atoms with Gasteiger partial charge in [0.25, 0.3) is 0 Å². The third kappa shape index (κ3) is 24.5. The Morgan fingerprint density at radius 3 is 0.677 bits per heavy atom. The Kier molecular flexibility index (Phi) is 18.0. The van der Waals surface area contributed by atoms with Crippen molar-refractivity contribution in [1.29, 1.82) is 0 Å². The molecule has 0 saturated heterocycles. The average Bonchev–Trinajstić information content (AvgIpc) is 2.43. The Morgan fingerprint density at radius 1 is 0.516 bits per heavy atom. The number of halogens is 9. The van der Waals surface area contributed by atoms with Gasteiger partial charge in [-0.2, -0.15) is 39.5 Å². The zero-order valence-electron chi connectivity index (χ0n) is 15.7. The first-order chi connectivity index (χ1) is 13.0. The summed E-state index contributed by atoms with van der Waals surface area (Å²) in [5.74, 6) is -9.04. The summed E-state index contributed by atoms with van der Waals surface area (Å²) in [7, 11) is 0. The maximum absolute atomic E-state index is 11.3. The Balaban J connectivity index is -0.000000174. The average molecular weight is 600 g/mol. The van der Waals surface area contributed by atoms with Crippen LogP contribution in [0.1, 0.15) is 20.8 Å². The van der Waals surface area contributed by atoms with Crippen LogP contribution in [0.25, 0.3) is 0 Å². The van der Waals surface area contributed by atoms with Gasteiger partial charge in [0.1, 0.15) is 0 Å². The van der Waals surface area contributed by atoms with E-state index in [9.17, 15) is 69.2 Å². The number of rotatable bonds is 3. The topological polar surface area (TPSA) is 120 Å². The van der Waals surface area contributed by atoms with Crippen LogP contribution in [0.5, 0.6) is 0 Å². The first-order valence-electron chi connectivity index (χ1n) is 6.91. The van der Waals surface area contributed by atoms with E-state index in [1.807, 2.05) is 0 Å². The second-order valence-corrected chi connectivity index (χ2v) is 4.85. The van der Waals surface area contributed by atoms with Gasteiger partial charge in [-0.15, -0.1) is 0 Å². The molecular formula is C15H12F9O6Pr. The van der Waals surface area contributed by atoms with Crippen LogP contribution in [-0.4, -0.2) is 35.9 Å². The SMILES string of the molecule is CC(=O)/C=C(\[O-])C(F)(F)F.CC(=O)/C=C(\[O-])C(F)(F)F.CC(=O)/C=C(\[O-])C(F)(F)F.[Pr+3]. The summed E-state index contributed by atoms with van der Waals surface area (Å²) in [6.45, 7) is 2.64. The van der Waals surface area contributed by atoms with Crippen molar-refractivity contribution in [1.82, 2.24) is 0 Å². The molecule has 0 aliphatic heterocycles. The summed E-state index contributed by atoms with van der Waals surface area (Å²) in [6.07, 6.45) is -14.7. The van der Waals surface area contributed by atoms with Gasteiger partial charge in [0.15, 0.2) is 17.3 Å². The van der Waals surface area contributed by atoms with Crippen molar-refractivity contribution in [2.24, 2.45) is 0 Å². The fraction of sp³-hybridized carbons (Fsp3) is 0.400. The van der Waals surface area contributed by atoms with E-state index in [1.54, 1.807) is 0 Å². The van der Waals surface area contributed by atoms with Crippen molar-refractivity contribution in [2.45, 2.75) is 39.3 Å². The van der Waals surface area contributed by atoms with Crippen LogP contribution in [0.15, 0.2) is 35.5 Å². The molecule has 0 spiro atoms. The van der Waals surface area contributed by atoms with E-state index in [2.05, 4.69) is 0 Å². The van der Waals surface area contributed by atoms with Crippen LogP contribution >= 0.6 is 0 Å². The number of allylic oxidation sites excluding steroid dienone is 6. The molecule has 0 aromatic rings. The van der Waals surface area contributed by atoms with Gasteiger partial charge in [0, 0.05) is 0 Å². The van der Waals surface area contributed by atoms with Gasteiger partial charge >= 0.3 is 59.8 Å². The van der Waals surface area contributed by atoms with E-state index < -0.39 is 53.2 Å². The maximum atomic E-state index is 11.3. The molecule has 0 fully saturated rings. The summed E-state index contributed by atoms with van der Waals surface area (Å²) >= 11 is 0. The van der Waals surface area contributed by atoms with E-state index >= 15 is 0 Å². The largest absolute Gasteiger partial charge is 3.00 e. The van der Waals surface area contributed by atoms with Crippen molar-refractivity contribution in [3.05, 3.63) is 35.5 Å². The Hall–Kier alpha value is -1.64. The molecule has 16 heteroatoms. The molecule has 0 aliphatic rings. The fourth-order valence-electron chi connectivity index (χ4n) is 0.799. The molecule has 0 atom stereocenters. The quantitative estimate of drug-likeness (QED) is 0.273. The van der Waals surface area contributed by atoms with Crippen molar-refractivity contribution in [3.63, 3.8) is 0 Å². The molecule has 0 aromatic heterocycles. The summed E-state index contributed by atoms with van der Waals surface area (Å²) in [4.78, 5) is 29.8. The summed E-state index contributed by atoms with van der Waals surface area (Å²) < 4.78 is 101. The van der Waals surface area contributed by atoms with Gasteiger partial charge in [0.05, 0.1) is 0 Å². The van der Waals surface area contributed by atoms with Gasteiger partial charge in [-0.25, -0.2) is 0 Å². The van der Waals surface area contributed by atoms with Crippen LogP contribution < -0.4 is 15.3 Å². The van der Waals surface area contributed by atoms with E-state index in [-0.39, 0.29) is 59.5 Å². The molecule has 31 heavy (non-hydrogen) atoms. The Labute approximate surface area is 202 Å². The number of hydrogen-bond donors (Lipinski definition) is 0. The van der Waals surface area contributed by atoms with Crippen LogP contribution in [-0.2, 0) is 14.4 Å². The van der Waals surface area contributed by atoms with Gasteiger partial charge in [-0.3, -0.25) is 14.4 Å². The van der Waals surface area contributed by atoms with Crippen molar-refractivity contribution in [3.8, 4) is 0 Å². The third-order valence-corrected chi connectivity index (χ3v) is 1.84. The summed E-state index contributed by atoms with van der Waals surface area (Å²) in [5.41, 5.74) is 0. The monoisotopic (exact) mass is 600 g/mol. The van der Waals surface area contributed by atoms with Gasteiger partial charge in [-0.05, 0) is 56.3 Å². The zero-order chi connectivity index (χ0) is 25.1. The maximum Gasteiger partial charge on any atom is 3.00 e. The fourth-order valence-corrected chi connectivity index (χ4v) is 0.799. The second kappa shape index (κ2) is 15.2. The molecule has 174 valence electrons. The Bertz CT molecular complexity index is 606. The molecule has 0 saturated carbocycles. The molecule has 0 bridgehead atoms. The molecule has 0 rings (SSSR count). The molecule has 0 heterocycles. The molecule has 0 aromatic carbocycles. The third-order valence-electron chi connectivity index (χ3n) is 1.84. The molecule has 0 unspecified atom stereocenters. The van der Waals surface area contributed by atoms with E-state index in [0.717, 1.165) is 20.8 Å². The second-order valence-electron chi connectivity index (χ2n) is 4.85. The molecule has 0 radical (unpaired) electrons. The molecule has 0 aliphatic carbocycles. The number of hydrogen-bond acceptors (Lipinski definition) is 6. The number of carbonyl (C=O) groups excluding carboxylic acids is 3. The number of carbonyl (C=O) groups is 3. The molecule has 0 amide bonds. The van der Waals surface area contributed by atoms with E-state index in [1.165, 1.54) is 0 Å². The minimum Gasteiger partial charge on any atom is -0.869 e. The van der Waals surface area contributed by atoms with Crippen molar-refractivity contribution < 1.29 is 111 Å². The Morgan fingerprint density at radius 2 is 0.645 bits per heavy atom. The van der Waals surface area contributed by atoms with Crippen LogP contribution in [0.2, 0.25) is 0 Å². The minimum absolute atomic E-state index is 0. The van der Waals surface area contributed by atoms with Gasteiger partial charge < -0.3 is 15.3 Å². The predicted molar refractivity (Wildman–Crippen MR) is 74.5 cm³/mol. The van der Waals surface area contributed by atoms with Crippen molar-refractivity contribution >= 4 is 17.3 Å². The molecular weight excluding hydrogens is 588 g/mol. The van der Waals surface area contributed by atoms with E-state index in [4.69, 9.17) is 0 Å². The van der Waals surface area contributed by atoms with Gasteiger partial charge in [-0.1, -0.05) is 0 Å². The number of ketones is 3. The molecule has 6 nitrogen and oxygen atoms in total. The number of alkyl halides is 9. The normalized spacial score (nSPS) is 13.0. The van der Waals surface area contributed by atoms with Crippen LogP contribution in [0.3, 0.4) is 0 Å². The zero-order valence-corrected chi connectivity index (χ0v) is 19.4. The molecule has 0 N–H and O–H groups in total. The summed E-state index contributed by atoms with van der Waals surface area (Å²) in [6, 6.07) is 0. The first kappa shape index (κ1) is 36.7. The minimum atomic E-state index is -4.92. The first-order valence-corrected chi connectivity index (χ1v) is 6.91. The van der Waals surface area contributed by atoms with E-state index in [0.29, 0.717) is 0 Å². The predicted octanol–water partition coefficient (Wildman–Crippen LogP) is 1.15. The van der Waals surface area contributed by atoms with Crippen LogP contribution in [0.4, 0.5) is 39.5 Å². The van der Waals surface area contributed by atoms with Crippen molar-refractivity contribution in [2.75, 3.05) is 0 Å². The standard InChI is InChI=1S/3C5H5F3O2.Pr/c3*1-3(9)2-4(10)5(6,7)8;/h3*2,10H,1H3;/q;;;+3/p-3/b3*4-2-;. The smallest absolute Gasteiger partial charge is 0.869 e. The summed E-state index contributed by atoms with van der Waals surface area (Å²) in [5, 5.41) is 29.6. The van der Waals surface area contributed by atoms with Gasteiger partial charge in [0.2, 0.25) is 0 Å².